The number of ketones is 2. The van der Waals surface area contributed by atoms with Crippen molar-refractivity contribution in [1.82, 2.24) is 0 Å². The van der Waals surface area contributed by atoms with Crippen LogP contribution in [0.1, 0.15) is 122 Å². The van der Waals surface area contributed by atoms with E-state index in [1.54, 1.807) is 34.6 Å². The molecule has 1 aliphatic carbocycles. The van der Waals surface area contributed by atoms with Gasteiger partial charge in [-0.05, 0) is 82.6 Å². The predicted molar refractivity (Wildman–Crippen MR) is 245 cm³/mol. The van der Waals surface area contributed by atoms with Gasteiger partial charge in [0.05, 0.1) is 48.6 Å². The van der Waals surface area contributed by atoms with Crippen LogP contribution in [-0.2, 0) is 57.0 Å². The van der Waals surface area contributed by atoms with Gasteiger partial charge in [0.2, 0.25) is 0 Å². The lowest BCUT2D eigenvalue weighted by Crippen LogP contribution is -2.59. The third-order valence-corrected chi connectivity index (χ3v) is 15.0. The van der Waals surface area contributed by atoms with E-state index in [0.29, 0.717) is 12.0 Å². The monoisotopic (exact) mass is 959 g/mol. The minimum atomic E-state index is -2.00. The van der Waals surface area contributed by atoms with Gasteiger partial charge in [0.1, 0.15) is 48.0 Å². The number of methoxy groups -OCH3 is 2. The maximum Gasteiger partial charge on any atom is 0.306 e. The van der Waals surface area contributed by atoms with Crippen LogP contribution in [-0.4, -0.2) is 161 Å². The van der Waals surface area contributed by atoms with Crippen molar-refractivity contribution in [2.24, 2.45) is 47.3 Å². The van der Waals surface area contributed by atoms with Crippen LogP contribution < -0.4 is 0 Å². The summed E-state index contributed by atoms with van der Waals surface area (Å²) in [6.45, 7) is 26.6. The molecule has 0 unspecified atom stereocenters. The van der Waals surface area contributed by atoms with E-state index in [9.17, 15) is 35.1 Å². The first-order valence-electron chi connectivity index (χ1n) is 24.4. The molecule has 17 nitrogen and oxygen atoms in total. The van der Waals surface area contributed by atoms with Crippen molar-refractivity contribution in [1.29, 1.82) is 0 Å². The third kappa shape index (κ3) is 13.9. The van der Waals surface area contributed by atoms with Crippen LogP contribution in [0.5, 0.6) is 0 Å². The molecule has 3 heterocycles. The molecule has 3 saturated heterocycles. The SMILES string of the molecule is C=C1C[C@@H](C)O[C@@H](O[C@@H]2[C@@H](C)[C@H](O[C@H]3C[C@@](C)(O)[C@@H](O)[C@H](C)O3)[C@@H](C)C(=O)C[C@H]([C@@H](C)CO[C@@H]3O[C@H](C)[C@@H](O)[C@@H](OC)[C@H]3OC)[C@H](C)[C@@H](OC(=O)CC(C)C)[C@@H](C)C(=O)[C@@](C)(O)C[C@@H]2C)[C@@H]1O. The summed E-state index contributed by atoms with van der Waals surface area (Å²) in [5, 5.41) is 56.6. The van der Waals surface area contributed by atoms with Gasteiger partial charge < -0.3 is 68.2 Å². The summed E-state index contributed by atoms with van der Waals surface area (Å²) in [5.74, 6) is -6.48. The Morgan fingerprint density at radius 2 is 1.39 bits per heavy atom. The number of rotatable bonds is 13. The standard InChI is InChI=1S/C50H86O17/c1-23(2)17-36(52)65-41-28(7)34(26(5)22-61-48-44(60-16)43(59-15)39(54)32(11)64-48)19-35(51)29(8)42(66-37-21-50(14,58)46(56)33(12)63-37)30(9)40(25(4)20-49(13,57)45(55)31(41)10)67-47-38(53)24(3)18-27(6)62-47/h23,25-34,37-44,46-48,53-54,56-58H,3,17-22H2,1-2,4-16H3/t25-,26-,27+,28-,29-,30+,31+,32+,33-,34+,37-,38+,39+,40-,41+,42+,43+,44+,46-,47-,48+,49-,50+/m0/s1. The molecule has 388 valence electrons. The number of aliphatic hydroxyl groups excluding tert-OH is 3. The highest BCUT2D eigenvalue weighted by molar-refractivity contribution is 5.89. The molecular formula is C50H86O17. The minimum Gasteiger partial charge on any atom is -0.461 e. The summed E-state index contributed by atoms with van der Waals surface area (Å²) in [4.78, 5) is 43.6. The zero-order valence-electron chi connectivity index (χ0n) is 42.8. The fraction of sp³-hybridized carbons (Fsp3) is 0.900. The molecule has 0 amide bonds. The summed E-state index contributed by atoms with van der Waals surface area (Å²) in [5.41, 5.74) is -3.09. The number of carbonyl (C=O) groups is 3. The van der Waals surface area contributed by atoms with Gasteiger partial charge in [-0.25, -0.2) is 0 Å². The van der Waals surface area contributed by atoms with Crippen molar-refractivity contribution in [2.75, 3.05) is 20.8 Å². The summed E-state index contributed by atoms with van der Waals surface area (Å²) >= 11 is 0. The second-order valence-electron chi connectivity index (χ2n) is 21.5. The molecule has 4 aliphatic rings. The maximum absolute atomic E-state index is 15.2. The smallest absolute Gasteiger partial charge is 0.306 e. The van der Waals surface area contributed by atoms with E-state index in [2.05, 4.69) is 6.58 Å². The summed E-state index contributed by atoms with van der Waals surface area (Å²) in [7, 11) is 2.93. The molecule has 4 fully saturated rings. The van der Waals surface area contributed by atoms with Gasteiger partial charge in [0, 0.05) is 45.3 Å². The number of carbonyl (C=O) groups excluding carboxylic acids is 3. The van der Waals surface area contributed by atoms with E-state index in [0.717, 1.165) is 0 Å². The molecule has 0 bridgehead atoms. The van der Waals surface area contributed by atoms with Gasteiger partial charge in [0.25, 0.3) is 0 Å². The van der Waals surface area contributed by atoms with Gasteiger partial charge in [0.15, 0.2) is 24.7 Å². The molecule has 17 heteroatoms. The van der Waals surface area contributed by atoms with E-state index in [-0.39, 0.29) is 50.1 Å². The number of hydrogen-bond donors (Lipinski definition) is 5. The van der Waals surface area contributed by atoms with Crippen LogP contribution in [0.2, 0.25) is 0 Å². The first-order chi connectivity index (χ1) is 31.1. The molecule has 0 aromatic rings. The zero-order chi connectivity index (χ0) is 50.6. The van der Waals surface area contributed by atoms with Crippen molar-refractivity contribution in [3.05, 3.63) is 12.2 Å². The maximum atomic E-state index is 15.2. The fourth-order valence-electron chi connectivity index (χ4n) is 11.0. The average molecular weight is 959 g/mol. The van der Waals surface area contributed by atoms with Crippen LogP contribution in [0.4, 0.5) is 0 Å². The zero-order valence-corrected chi connectivity index (χ0v) is 42.8. The number of ether oxygens (including phenoxy) is 9. The molecule has 0 aromatic carbocycles. The molecule has 0 spiro atoms. The topological polar surface area (TPSA) is 235 Å². The molecule has 3 aliphatic heterocycles. The second kappa shape index (κ2) is 24.0. The van der Waals surface area contributed by atoms with Crippen LogP contribution >= 0.6 is 0 Å². The van der Waals surface area contributed by atoms with E-state index in [1.165, 1.54) is 28.1 Å². The number of hydrogen-bond acceptors (Lipinski definition) is 17. The molecule has 0 aromatic heterocycles. The van der Waals surface area contributed by atoms with Crippen LogP contribution in [0.15, 0.2) is 12.2 Å². The highest BCUT2D eigenvalue weighted by atomic mass is 16.7. The Balaban J connectivity index is 1.86. The lowest BCUT2D eigenvalue weighted by molar-refractivity contribution is -0.304. The lowest BCUT2D eigenvalue weighted by Gasteiger charge is -2.46. The van der Waals surface area contributed by atoms with E-state index in [1.807, 2.05) is 41.5 Å². The Bertz CT molecular complexity index is 1640. The molecule has 1 saturated carbocycles. The van der Waals surface area contributed by atoms with Crippen molar-refractivity contribution in [3.63, 3.8) is 0 Å². The number of esters is 1. The Hall–Kier alpha value is -1.97. The molecule has 4 rings (SSSR count). The summed E-state index contributed by atoms with van der Waals surface area (Å²) in [6.07, 6.45) is -13.0. The van der Waals surface area contributed by atoms with Crippen molar-refractivity contribution in [3.8, 4) is 0 Å². The number of aliphatic hydroxyl groups is 5. The molecule has 67 heavy (non-hydrogen) atoms. The second-order valence-corrected chi connectivity index (χ2v) is 21.5. The molecular weight excluding hydrogens is 873 g/mol. The van der Waals surface area contributed by atoms with Gasteiger partial charge in [-0.2, -0.15) is 0 Å². The van der Waals surface area contributed by atoms with Crippen LogP contribution in [0.3, 0.4) is 0 Å². The van der Waals surface area contributed by atoms with E-state index in [4.69, 9.17) is 42.6 Å². The first-order valence-corrected chi connectivity index (χ1v) is 24.4. The van der Waals surface area contributed by atoms with Gasteiger partial charge >= 0.3 is 5.97 Å². The normalized spacial score (nSPS) is 46.0. The van der Waals surface area contributed by atoms with Crippen LogP contribution in [0, 0.1) is 47.3 Å². The molecule has 23 atom stereocenters. The third-order valence-electron chi connectivity index (χ3n) is 15.0. The minimum absolute atomic E-state index is 0.00947. The number of Topliss-reactive ketones (excluding diaryl/α,β-unsaturated/α-hetero) is 2. The molecule has 5 N–H and O–H groups in total. The Morgan fingerprint density at radius 1 is 0.761 bits per heavy atom. The largest absolute Gasteiger partial charge is 0.461 e. The van der Waals surface area contributed by atoms with Crippen molar-refractivity contribution in [2.45, 2.75) is 219 Å². The van der Waals surface area contributed by atoms with Crippen LogP contribution in [0.25, 0.3) is 0 Å². The van der Waals surface area contributed by atoms with E-state index < -0.39 is 144 Å². The van der Waals surface area contributed by atoms with Crippen molar-refractivity contribution < 1.29 is 82.5 Å². The quantitative estimate of drug-likeness (QED) is 0.128. The Labute approximate surface area is 398 Å². The highest BCUT2D eigenvalue weighted by Crippen LogP contribution is 2.42. The lowest BCUT2D eigenvalue weighted by atomic mass is 9.69. The Kier molecular flexibility index (Phi) is 20.6. The predicted octanol–water partition coefficient (Wildman–Crippen LogP) is 4.28. The average Bonchev–Trinajstić information content (AvgIpc) is 3.24. The first kappa shape index (κ1) is 57.6. The van der Waals surface area contributed by atoms with Crippen molar-refractivity contribution >= 4 is 17.5 Å². The summed E-state index contributed by atoms with van der Waals surface area (Å²) in [6, 6.07) is 0. The molecule has 0 radical (unpaired) electrons. The van der Waals surface area contributed by atoms with Gasteiger partial charge in [-0.1, -0.05) is 62.0 Å². The Morgan fingerprint density at radius 3 is 1.97 bits per heavy atom. The van der Waals surface area contributed by atoms with Gasteiger partial charge in [-0.15, -0.1) is 0 Å². The van der Waals surface area contributed by atoms with E-state index >= 15 is 4.79 Å². The summed E-state index contributed by atoms with van der Waals surface area (Å²) < 4.78 is 55.8. The van der Waals surface area contributed by atoms with Gasteiger partial charge in [-0.3, -0.25) is 14.4 Å². The highest BCUT2D eigenvalue weighted by Gasteiger charge is 2.51. The fourth-order valence-corrected chi connectivity index (χ4v) is 11.0.